The number of carbonyl (C=O) groups is 2. The molecule has 2 saturated carbocycles. The fraction of sp³-hybridized carbons (Fsp3) is 0.500. The molecule has 22 heavy (non-hydrogen) atoms. The number of hydrogen-bond donors (Lipinski definition) is 2. The first kappa shape index (κ1) is 15.6. The molecule has 0 bridgehead atoms. The van der Waals surface area contributed by atoms with Crippen LogP contribution in [0.2, 0.25) is 10.0 Å². The lowest BCUT2D eigenvalue weighted by atomic mass is 10.2. The first-order chi connectivity index (χ1) is 10.5. The van der Waals surface area contributed by atoms with Crippen LogP contribution in [0, 0.1) is 11.8 Å². The Morgan fingerprint density at radius 1 is 1.05 bits per heavy atom. The highest BCUT2D eigenvalue weighted by molar-refractivity contribution is 6.35. The maximum absolute atomic E-state index is 12.2. The number of halogens is 2. The molecule has 0 saturated heterocycles. The maximum atomic E-state index is 12.2. The van der Waals surface area contributed by atoms with Gasteiger partial charge >= 0.3 is 0 Å². The molecule has 2 amide bonds. The highest BCUT2D eigenvalue weighted by atomic mass is 35.5. The van der Waals surface area contributed by atoms with Gasteiger partial charge in [0.15, 0.2) is 0 Å². The molecule has 118 valence electrons. The van der Waals surface area contributed by atoms with Crippen molar-refractivity contribution in [2.45, 2.75) is 38.1 Å². The van der Waals surface area contributed by atoms with Gasteiger partial charge in [-0.15, -0.1) is 0 Å². The van der Waals surface area contributed by atoms with Crippen LogP contribution in [0.4, 0.5) is 5.69 Å². The molecule has 0 aromatic heterocycles. The Labute approximate surface area is 139 Å². The lowest BCUT2D eigenvalue weighted by Crippen LogP contribution is -2.34. The zero-order chi connectivity index (χ0) is 15.7. The van der Waals surface area contributed by atoms with Gasteiger partial charge in [0.2, 0.25) is 11.8 Å². The second-order valence-electron chi connectivity index (χ2n) is 6.05. The zero-order valence-corrected chi connectivity index (χ0v) is 13.6. The summed E-state index contributed by atoms with van der Waals surface area (Å²) in [6.45, 7) is 0. The van der Waals surface area contributed by atoms with Crippen LogP contribution in [0.1, 0.15) is 32.1 Å². The van der Waals surface area contributed by atoms with E-state index in [0.29, 0.717) is 28.2 Å². The summed E-state index contributed by atoms with van der Waals surface area (Å²) in [5.74, 6) is -0.644. The summed E-state index contributed by atoms with van der Waals surface area (Å²) in [7, 11) is 0. The quantitative estimate of drug-likeness (QED) is 0.879. The number of hydrogen-bond acceptors (Lipinski definition) is 2. The van der Waals surface area contributed by atoms with Crippen molar-refractivity contribution < 1.29 is 9.59 Å². The van der Waals surface area contributed by atoms with Crippen LogP contribution in [0.25, 0.3) is 0 Å². The smallest absolute Gasteiger partial charge is 0.228 e. The molecule has 0 spiro atoms. The SMILES string of the molecule is O=C(Nc1cc(Cl)ccc1Cl)C1CC1C(=O)NC1CCCC1. The molecule has 0 aliphatic heterocycles. The number of benzene rings is 1. The Morgan fingerprint density at radius 2 is 1.73 bits per heavy atom. The molecule has 0 heterocycles. The first-order valence-electron chi connectivity index (χ1n) is 7.61. The van der Waals surface area contributed by atoms with E-state index in [-0.39, 0.29) is 23.7 Å². The van der Waals surface area contributed by atoms with Gasteiger partial charge in [-0.05, 0) is 37.5 Å². The second-order valence-corrected chi connectivity index (χ2v) is 6.90. The minimum Gasteiger partial charge on any atom is -0.353 e. The van der Waals surface area contributed by atoms with Gasteiger partial charge < -0.3 is 10.6 Å². The second kappa shape index (κ2) is 6.47. The van der Waals surface area contributed by atoms with Gasteiger partial charge in [-0.2, -0.15) is 0 Å². The summed E-state index contributed by atoms with van der Waals surface area (Å²) in [6.07, 6.45) is 5.04. The van der Waals surface area contributed by atoms with Gasteiger partial charge in [-0.25, -0.2) is 0 Å². The Balaban J connectivity index is 1.54. The van der Waals surface area contributed by atoms with Gasteiger partial charge in [0.1, 0.15) is 0 Å². The molecule has 2 aliphatic rings. The number of anilines is 1. The predicted molar refractivity (Wildman–Crippen MR) is 87.1 cm³/mol. The van der Waals surface area contributed by atoms with E-state index in [4.69, 9.17) is 23.2 Å². The summed E-state index contributed by atoms with van der Waals surface area (Å²) >= 11 is 11.9. The fourth-order valence-corrected chi connectivity index (χ4v) is 3.31. The maximum Gasteiger partial charge on any atom is 0.228 e. The summed E-state index contributed by atoms with van der Waals surface area (Å²) < 4.78 is 0. The van der Waals surface area contributed by atoms with Crippen LogP contribution in [-0.4, -0.2) is 17.9 Å². The van der Waals surface area contributed by atoms with Crippen molar-refractivity contribution in [3.05, 3.63) is 28.2 Å². The fourth-order valence-electron chi connectivity index (χ4n) is 2.97. The van der Waals surface area contributed by atoms with Crippen molar-refractivity contribution in [2.24, 2.45) is 11.8 Å². The monoisotopic (exact) mass is 340 g/mol. The van der Waals surface area contributed by atoms with Crippen molar-refractivity contribution in [1.82, 2.24) is 5.32 Å². The summed E-state index contributed by atoms with van der Waals surface area (Å²) in [4.78, 5) is 24.3. The van der Waals surface area contributed by atoms with Gasteiger partial charge in [0.05, 0.1) is 22.5 Å². The molecule has 1 aromatic rings. The van der Waals surface area contributed by atoms with E-state index in [0.717, 1.165) is 12.8 Å². The van der Waals surface area contributed by atoms with Gasteiger partial charge in [0.25, 0.3) is 0 Å². The van der Waals surface area contributed by atoms with E-state index in [1.807, 2.05) is 0 Å². The molecular formula is C16H18Cl2N2O2. The molecule has 2 N–H and O–H groups in total. The van der Waals surface area contributed by atoms with Crippen LogP contribution < -0.4 is 10.6 Å². The molecule has 3 rings (SSSR count). The minimum atomic E-state index is -0.267. The van der Waals surface area contributed by atoms with Crippen molar-refractivity contribution in [2.75, 3.05) is 5.32 Å². The molecule has 2 fully saturated rings. The molecule has 0 radical (unpaired) electrons. The predicted octanol–water partition coefficient (Wildman–Crippen LogP) is 3.63. The number of nitrogens with one attached hydrogen (secondary N) is 2. The third kappa shape index (κ3) is 3.55. The molecule has 6 heteroatoms. The molecule has 2 unspecified atom stereocenters. The van der Waals surface area contributed by atoms with Gasteiger partial charge in [-0.3, -0.25) is 9.59 Å². The van der Waals surface area contributed by atoms with Crippen molar-refractivity contribution in [3.63, 3.8) is 0 Å². The van der Waals surface area contributed by atoms with E-state index in [2.05, 4.69) is 10.6 Å². The van der Waals surface area contributed by atoms with Crippen LogP contribution in [0.5, 0.6) is 0 Å². The van der Waals surface area contributed by atoms with Crippen molar-refractivity contribution >= 4 is 40.7 Å². The van der Waals surface area contributed by atoms with Gasteiger partial charge in [-0.1, -0.05) is 36.0 Å². The van der Waals surface area contributed by atoms with Gasteiger partial charge in [0, 0.05) is 11.1 Å². The zero-order valence-electron chi connectivity index (χ0n) is 12.1. The molecular weight excluding hydrogens is 323 g/mol. The lowest BCUT2D eigenvalue weighted by Gasteiger charge is -2.12. The number of carbonyl (C=O) groups excluding carboxylic acids is 2. The largest absolute Gasteiger partial charge is 0.353 e. The lowest BCUT2D eigenvalue weighted by molar-refractivity contribution is -0.125. The molecule has 4 nitrogen and oxygen atoms in total. The topological polar surface area (TPSA) is 58.2 Å². The standard InChI is InChI=1S/C16H18Cl2N2O2/c17-9-5-6-13(18)14(7-9)20-16(22)12-8-11(12)15(21)19-10-3-1-2-4-10/h5-7,10-12H,1-4,8H2,(H,19,21)(H,20,22). The average Bonchev–Trinajstić information content (AvgIpc) is 3.14. The minimum absolute atomic E-state index is 0.00393. The van der Waals surface area contributed by atoms with Crippen molar-refractivity contribution in [1.29, 1.82) is 0 Å². The number of amides is 2. The molecule has 2 aliphatic carbocycles. The first-order valence-corrected chi connectivity index (χ1v) is 8.36. The normalized spacial score (nSPS) is 24.1. The third-order valence-electron chi connectivity index (χ3n) is 4.35. The van der Waals surface area contributed by atoms with Crippen LogP contribution >= 0.6 is 23.2 Å². The van der Waals surface area contributed by atoms with Crippen molar-refractivity contribution in [3.8, 4) is 0 Å². The van der Waals surface area contributed by atoms with E-state index < -0.39 is 0 Å². The van der Waals surface area contributed by atoms with Crippen LogP contribution in [0.15, 0.2) is 18.2 Å². The summed E-state index contributed by atoms with van der Waals surface area (Å²) in [5.41, 5.74) is 0.487. The summed E-state index contributed by atoms with van der Waals surface area (Å²) in [6, 6.07) is 5.20. The van der Waals surface area contributed by atoms with Crippen LogP contribution in [0.3, 0.4) is 0 Å². The Morgan fingerprint density at radius 3 is 2.45 bits per heavy atom. The average molecular weight is 341 g/mol. The van der Waals surface area contributed by atoms with E-state index >= 15 is 0 Å². The Bertz CT molecular complexity index is 600. The summed E-state index contributed by atoms with van der Waals surface area (Å²) in [5, 5.41) is 6.74. The number of rotatable bonds is 4. The molecule has 2 atom stereocenters. The highest BCUT2D eigenvalue weighted by Gasteiger charge is 2.48. The van der Waals surface area contributed by atoms with E-state index in [9.17, 15) is 9.59 Å². The van der Waals surface area contributed by atoms with E-state index in [1.165, 1.54) is 12.8 Å². The van der Waals surface area contributed by atoms with E-state index in [1.54, 1.807) is 18.2 Å². The highest BCUT2D eigenvalue weighted by Crippen LogP contribution is 2.40. The third-order valence-corrected chi connectivity index (χ3v) is 4.92. The Kier molecular flexibility index (Phi) is 4.59. The van der Waals surface area contributed by atoms with Crippen LogP contribution in [-0.2, 0) is 9.59 Å². The molecule has 1 aromatic carbocycles. The Hall–Kier alpha value is -1.26.